The minimum atomic E-state index is -0.756. The van der Waals surface area contributed by atoms with Gasteiger partial charge in [-0.2, -0.15) is 0 Å². The number of carbonyl (C=O) groups is 1. The van der Waals surface area contributed by atoms with Gasteiger partial charge in [-0.05, 0) is 23.4 Å². The van der Waals surface area contributed by atoms with Crippen LogP contribution in [0.3, 0.4) is 0 Å². The Kier molecular flexibility index (Phi) is 2.23. The van der Waals surface area contributed by atoms with Gasteiger partial charge >= 0.3 is 5.97 Å². The molecular weight excluding hydrogens is 178 g/mol. The molecule has 72 valence electrons. The van der Waals surface area contributed by atoms with Gasteiger partial charge in [-0.1, -0.05) is 18.2 Å². The lowest BCUT2D eigenvalue weighted by atomic mass is 10.1. The van der Waals surface area contributed by atoms with Crippen LogP contribution in [0.1, 0.15) is 12.0 Å². The number of hydrogen-bond donors (Lipinski definition) is 2. The maximum Gasteiger partial charge on any atom is 0.303 e. The number of aromatic nitrogens is 1. The Morgan fingerprint density at radius 1 is 1.36 bits per heavy atom. The molecule has 0 radical (unpaired) electrons. The van der Waals surface area contributed by atoms with Crippen LogP contribution in [0, 0.1) is 0 Å². The summed E-state index contributed by atoms with van der Waals surface area (Å²) in [6.45, 7) is 0. The minimum Gasteiger partial charge on any atom is -0.481 e. The molecule has 0 saturated carbocycles. The summed E-state index contributed by atoms with van der Waals surface area (Å²) in [4.78, 5) is 13.6. The van der Waals surface area contributed by atoms with E-state index in [1.165, 1.54) is 0 Å². The number of nitrogens with one attached hydrogen (secondary N) is 1. The third kappa shape index (κ3) is 1.62. The highest BCUT2D eigenvalue weighted by molar-refractivity contribution is 5.82. The van der Waals surface area contributed by atoms with Gasteiger partial charge in [0.1, 0.15) is 0 Å². The molecule has 2 aromatic rings. The summed E-state index contributed by atoms with van der Waals surface area (Å²) >= 11 is 0. The van der Waals surface area contributed by atoms with E-state index in [1.807, 2.05) is 30.5 Å². The first-order chi connectivity index (χ1) is 6.77. The molecular formula is C11H11NO2. The molecule has 3 heteroatoms. The zero-order valence-electron chi connectivity index (χ0n) is 7.66. The Hall–Kier alpha value is -1.77. The zero-order valence-corrected chi connectivity index (χ0v) is 7.66. The van der Waals surface area contributed by atoms with Gasteiger partial charge in [-0.25, -0.2) is 0 Å². The van der Waals surface area contributed by atoms with Gasteiger partial charge in [0, 0.05) is 18.1 Å². The van der Waals surface area contributed by atoms with E-state index >= 15 is 0 Å². The lowest BCUT2D eigenvalue weighted by Crippen LogP contribution is -1.97. The molecule has 14 heavy (non-hydrogen) atoms. The van der Waals surface area contributed by atoms with E-state index in [0.717, 1.165) is 16.5 Å². The van der Waals surface area contributed by atoms with Gasteiger partial charge in [0.05, 0.1) is 0 Å². The summed E-state index contributed by atoms with van der Waals surface area (Å²) in [5.74, 6) is -0.756. The number of carboxylic acid groups (broad SMARTS) is 1. The molecule has 0 aliphatic carbocycles. The molecule has 1 aromatic carbocycles. The van der Waals surface area contributed by atoms with Crippen LogP contribution >= 0.6 is 0 Å². The molecule has 1 heterocycles. The fraction of sp³-hybridized carbons (Fsp3) is 0.182. The van der Waals surface area contributed by atoms with Crippen molar-refractivity contribution in [3.05, 3.63) is 36.0 Å². The average Bonchev–Trinajstić information content (AvgIpc) is 2.62. The van der Waals surface area contributed by atoms with Crippen molar-refractivity contribution in [2.75, 3.05) is 0 Å². The van der Waals surface area contributed by atoms with Crippen molar-refractivity contribution in [3.8, 4) is 0 Å². The Labute approximate surface area is 81.4 Å². The molecule has 0 saturated heterocycles. The topological polar surface area (TPSA) is 53.1 Å². The number of benzene rings is 1. The van der Waals surface area contributed by atoms with Crippen LogP contribution in [0.5, 0.6) is 0 Å². The summed E-state index contributed by atoms with van der Waals surface area (Å²) in [6, 6.07) is 7.91. The molecule has 1 aromatic heterocycles. The van der Waals surface area contributed by atoms with E-state index < -0.39 is 5.97 Å². The largest absolute Gasteiger partial charge is 0.481 e. The highest BCUT2D eigenvalue weighted by Gasteiger charge is 2.03. The lowest BCUT2D eigenvalue weighted by Gasteiger charge is -2.00. The van der Waals surface area contributed by atoms with Crippen LogP contribution in [-0.2, 0) is 11.2 Å². The standard InChI is InChI=1S/C11H11NO2/c13-10(14)5-4-8-2-1-3-9-6-7-12-11(8)9/h1-3,6-7,12H,4-5H2,(H,13,14). The number of fused-ring (bicyclic) bond motifs is 1. The zero-order chi connectivity index (χ0) is 9.97. The number of aryl methyl sites for hydroxylation is 1. The third-order valence-corrected chi connectivity index (χ3v) is 2.28. The van der Waals surface area contributed by atoms with Gasteiger partial charge in [0.25, 0.3) is 0 Å². The van der Waals surface area contributed by atoms with Gasteiger partial charge in [0.15, 0.2) is 0 Å². The molecule has 2 N–H and O–H groups in total. The summed E-state index contributed by atoms with van der Waals surface area (Å²) in [5.41, 5.74) is 2.11. The normalized spacial score (nSPS) is 10.6. The Bertz CT molecular complexity index is 459. The molecule has 0 bridgehead atoms. The second-order valence-corrected chi connectivity index (χ2v) is 3.25. The first-order valence-corrected chi connectivity index (χ1v) is 4.54. The van der Waals surface area contributed by atoms with E-state index in [9.17, 15) is 4.79 Å². The van der Waals surface area contributed by atoms with Crippen molar-refractivity contribution < 1.29 is 9.90 Å². The smallest absolute Gasteiger partial charge is 0.303 e. The highest BCUT2D eigenvalue weighted by atomic mass is 16.4. The van der Waals surface area contributed by atoms with Crippen LogP contribution in [0.2, 0.25) is 0 Å². The number of para-hydroxylation sites is 1. The monoisotopic (exact) mass is 189 g/mol. The minimum absolute atomic E-state index is 0.179. The van der Waals surface area contributed by atoms with Crippen molar-refractivity contribution in [2.24, 2.45) is 0 Å². The Morgan fingerprint density at radius 3 is 3.00 bits per heavy atom. The summed E-state index contributed by atoms with van der Waals surface area (Å²) in [5, 5.41) is 9.72. The molecule has 0 aliphatic heterocycles. The van der Waals surface area contributed by atoms with Gasteiger partial charge in [-0.3, -0.25) is 4.79 Å². The van der Waals surface area contributed by atoms with Crippen LogP contribution in [0.25, 0.3) is 10.9 Å². The number of rotatable bonds is 3. The maximum atomic E-state index is 10.4. The van der Waals surface area contributed by atoms with E-state index in [-0.39, 0.29) is 6.42 Å². The van der Waals surface area contributed by atoms with Crippen LogP contribution in [0.4, 0.5) is 0 Å². The number of aromatic amines is 1. The lowest BCUT2D eigenvalue weighted by molar-refractivity contribution is -0.136. The number of H-pyrrole nitrogens is 1. The first kappa shape index (κ1) is 8.81. The molecule has 0 atom stereocenters. The molecule has 3 nitrogen and oxygen atoms in total. The first-order valence-electron chi connectivity index (χ1n) is 4.54. The second-order valence-electron chi connectivity index (χ2n) is 3.25. The van der Waals surface area contributed by atoms with E-state index in [2.05, 4.69) is 4.98 Å². The fourth-order valence-electron chi connectivity index (χ4n) is 1.60. The van der Waals surface area contributed by atoms with Crippen molar-refractivity contribution in [2.45, 2.75) is 12.8 Å². The quantitative estimate of drug-likeness (QED) is 0.777. The molecule has 0 unspecified atom stereocenters. The fourth-order valence-corrected chi connectivity index (χ4v) is 1.60. The van der Waals surface area contributed by atoms with E-state index in [1.54, 1.807) is 0 Å². The number of aliphatic carboxylic acids is 1. The van der Waals surface area contributed by atoms with Gasteiger partial charge in [0.2, 0.25) is 0 Å². The second kappa shape index (κ2) is 3.54. The van der Waals surface area contributed by atoms with Crippen molar-refractivity contribution in [1.29, 1.82) is 0 Å². The van der Waals surface area contributed by atoms with Crippen LogP contribution in [0.15, 0.2) is 30.5 Å². The summed E-state index contributed by atoms with van der Waals surface area (Å²) in [7, 11) is 0. The van der Waals surface area contributed by atoms with Crippen LogP contribution < -0.4 is 0 Å². The molecule has 0 aliphatic rings. The number of carboxylic acids is 1. The Balaban J connectivity index is 2.32. The summed E-state index contributed by atoms with van der Waals surface area (Å²) < 4.78 is 0. The van der Waals surface area contributed by atoms with Crippen molar-refractivity contribution >= 4 is 16.9 Å². The maximum absolute atomic E-state index is 10.4. The highest BCUT2D eigenvalue weighted by Crippen LogP contribution is 2.17. The van der Waals surface area contributed by atoms with E-state index in [4.69, 9.17) is 5.11 Å². The van der Waals surface area contributed by atoms with Crippen LogP contribution in [-0.4, -0.2) is 16.1 Å². The van der Waals surface area contributed by atoms with E-state index in [0.29, 0.717) is 6.42 Å². The SMILES string of the molecule is O=C(O)CCc1cccc2cc[nH]c12. The molecule has 0 spiro atoms. The molecule has 0 amide bonds. The third-order valence-electron chi connectivity index (χ3n) is 2.28. The predicted molar refractivity (Wildman–Crippen MR) is 54.3 cm³/mol. The van der Waals surface area contributed by atoms with Gasteiger partial charge in [-0.15, -0.1) is 0 Å². The predicted octanol–water partition coefficient (Wildman–Crippen LogP) is 2.19. The number of hydrogen-bond acceptors (Lipinski definition) is 1. The van der Waals surface area contributed by atoms with Gasteiger partial charge < -0.3 is 10.1 Å². The van der Waals surface area contributed by atoms with Crippen molar-refractivity contribution in [1.82, 2.24) is 4.98 Å². The average molecular weight is 189 g/mol. The molecule has 0 fully saturated rings. The van der Waals surface area contributed by atoms with Crippen molar-refractivity contribution in [3.63, 3.8) is 0 Å². The Morgan fingerprint density at radius 2 is 2.21 bits per heavy atom. The summed E-state index contributed by atoms with van der Waals surface area (Å²) in [6.07, 6.45) is 2.63. The molecule has 2 rings (SSSR count).